The molecule has 1 aromatic heterocycles. The van der Waals surface area contributed by atoms with Crippen LogP contribution < -0.4 is 4.72 Å². The van der Waals surface area contributed by atoms with Gasteiger partial charge in [0.2, 0.25) is 15.8 Å². The van der Waals surface area contributed by atoms with Crippen molar-refractivity contribution in [2.75, 3.05) is 6.61 Å². The molecule has 2 unspecified atom stereocenters. The molecule has 0 radical (unpaired) electrons. The van der Waals surface area contributed by atoms with Gasteiger partial charge < -0.3 is 14.3 Å². The maximum absolute atomic E-state index is 12.2. The molecule has 112 valence electrons. The molecule has 0 spiro atoms. The molecule has 9 heteroatoms. The predicted molar refractivity (Wildman–Crippen MR) is 72.1 cm³/mol. The van der Waals surface area contributed by atoms with Gasteiger partial charge in [0, 0.05) is 18.7 Å². The number of nitrogens with one attached hydrogen (secondary N) is 1. The van der Waals surface area contributed by atoms with Crippen molar-refractivity contribution < 1.29 is 27.5 Å². The summed E-state index contributed by atoms with van der Waals surface area (Å²) in [5, 5.41) is 8.79. The molecule has 1 saturated heterocycles. The number of hydrogen-bond donors (Lipinski definition) is 2. The van der Waals surface area contributed by atoms with Crippen LogP contribution in [0.2, 0.25) is 0 Å². The summed E-state index contributed by atoms with van der Waals surface area (Å²) in [7, 11) is -3.87. The van der Waals surface area contributed by atoms with E-state index in [1.54, 1.807) is 6.92 Å². The number of furan rings is 1. The highest BCUT2D eigenvalue weighted by molar-refractivity contribution is 9.10. The molecular formula is C11H14BrNO6S. The Morgan fingerprint density at radius 3 is 2.80 bits per heavy atom. The van der Waals surface area contributed by atoms with E-state index in [9.17, 15) is 13.2 Å². The topological polar surface area (TPSA) is 106 Å². The van der Waals surface area contributed by atoms with E-state index >= 15 is 0 Å². The summed E-state index contributed by atoms with van der Waals surface area (Å²) in [4.78, 5) is 10.5. The van der Waals surface area contributed by atoms with Gasteiger partial charge in [-0.3, -0.25) is 0 Å². The van der Waals surface area contributed by atoms with Crippen molar-refractivity contribution in [1.29, 1.82) is 0 Å². The van der Waals surface area contributed by atoms with E-state index in [1.165, 1.54) is 0 Å². The van der Waals surface area contributed by atoms with Gasteiger partial charge in [0.05, 0.1) is 6.10 Å². The molecule has 0 aromatic carbocycles. The summed E-state index contributed by atoms with van der Waals surface area (Å²) < 4.78 is 37.0. The molecular weight excluding hydrogens is 354 g/mol. The van der Waals surface area contributed by atoms with Crippen molar-refractivity contribution >= 4 is 31.9 Å². The first-order valence-electron chi connectivity index (χ1n) is 5.98. The Morgan fingerprint density at radius 2 is 2.30 bits per heavy atom. The van der Waals surface area contributed by atoms with E-state index in [0.717, 1.165) is 18.9 Å². The second-order valence-electron chi connectivity index (χ2n) is 4.52. The minimum Gasteiger partial charge on any atom is -0.475 e. The SMILES string of the molecule is CC(NS(=O)(=O)c1cc(C(=O)O)oc1Br)C1CCCO1. The lowest BCUT2D eigenvalue weighted by atomic mass is 10.1. The van der Waals surface area contributed by atoms with Gasteiger partial charge in [0.1, 0.15) is 4.90 Å². The zero-order valence-electron chi connectivity index (χ0n) is 10.6. The first-order chi connectivity index (χ1) is 9.31. The molecule has 0 bridgehead atoms. The molecule has 7 nitrogen and oxygen atoms in total. The summed E-state index contributed by atoms with van der Waals surface area (Å²) in [6.07, 6.45) is 1.51. The molecule has 1 fully saturated rings. The molecule has 2 N–H and O–H groups in total. The lowest BCUT2D eigenvalue weighted by Crippen LogP contribution is -2.40. The molecule has 2 rings (SSSR count). The Balaban J connectivity index is 2.19. The van der Waals surface area contributed by atoms with Crippen LogP contribution in [0.25, 0.3) is 0 Å². The predicted octanol–water partition coefficient (Wildman–Crippen LogP) is 1.59. The van der Waals surface area contributed by atoms with Gasteiger partial charge in [-0.15, -0.1) is 0 Å². The fourth-order valence-corrected chi connectivity index (χ4v) is 4.23. The van der Waals surface area contributed by atoms with Crippen molar-refractivity contribution in [2.45, 2.75) is 36.8 Å². The number of rotatable bonds is 5. The van der Waals surface area contributed by atoms with Crippen molar-refractivity contribution in [3.05, 3.63) is 16.5 Å². The van der Waals surface area contributed by atoms with Gasteiger partial charge in [-0.25, -0.2) is 17.9 Å². The van der Waals surface area contributed by atoms with Crippen LogP contribution in [-0.4, -0.2) is 38.2 Å². The van der Waals surface area contributed by atoms with Crippen LogP contribution in [0.15, 0.2) is 20.0 Å². The quantitative estimate of drug-likeness (QED) is 0.818. The highest BCUT2D eigenvalue weighted by Crippen LogP contribution is 2.27. The highest BCUT2D eigenvalue weighted by atomic mass is 79.9. The van der Waals surface area contributed by atoms with Crippen LogP contribution in [0.5, 0.6) is 0 Å². The van der Waals surface area contributed by atoms with E-state index in [-0.39, 0.29) is 15.7 Å². The maximum Gasteiger partial charge on any atom is 0.371 e. The highest BCUT2D eigenvalue weighted by Gasteiger charge is 2.30. The van der Waals surface area contributed by atoms with Crippen molar-refractivity contribution in [2.24, 2.45) is 0 Å². The molecule has 0 amide bonds. The van der Waals surface area contributed by atoms with E-state index < -0.39 is 27.8 Å². The van der Waals surface area contributed by atoms with Gasteiger partial charge in [0.15, 0.2) is 4.67 Å². The summed E-state index contributed by atoms with van der Waals surface area (Å²) in [5.74, 6) is -1.78. The number of halogens is 1. The number of carboxylic acids is 1. The minimum absolute atomic E-state index is 0.137. The van der Waals surface area contributed by atoms with Crippen LogP contribution in [0.3, 0.4) is 0 Å². The number of aromatic carboxylic acids is 1. The molecule has 0 saturated carbocycles. The van der Waals surface area contributed by atoms with Gasteiger partial charge in [-0.1, -0.05) is 0 Å². The van der Waals surface area contributed by atoms with Crippen LogP contribution >= 0.6 is 15.9 Å². The number of sulfonamides is 1. The fourth-order valence-electron chi connectivity index (χ4n) is 2.02. The molecule has 2 heterocycles. The normalized spacial score (nSPS) is 21.0. The average molecular weight is 368 g/mol. The number of hydrogen-bond acceptors (Lipinski definition) is 5. The largest absolute Gasteiger partial charge is 0.475 e. The van der Waals surface area contributed by atoms with Crippen molar-refractivity contribution in [1.82, 2.24) is 4.72 Å². The Labute approximate surface area is 124 Å². The third-order valence-electron chi connectivity index (χ3n) is 3.02. The molecule has 1 aliphatic rings. The lowest BCUT2D eigenvalue weighted by Gasteiger charge is -2.19. The van der Waals surface area contributed by atoms with Gasteiger partial charge in [-0.2, -0.15) is 0 Å². The number of carbonyl (C=O) groups is 1. The molecule has 1 aliphatic heterocycles. The Hall–Kier alpha value is -0.900. The standard InChI is InChI=1S/C11H14BrNO6S/c1-6(7-3-2-4-18-7)13-20(16,17)9-5-8(11(14)15)19-10(9)12/h5-7,13H,2-4H2,1H3,(H,14,15). The number of ether oxygens (including phenoxy) is 1. The Bertz CT molecular complexity index is 604. The molecule has 2 atom stereocenters. The maximum atomic E-state index is 12.2. The van der Waals surface area contributed by atoms with E-state index in [4.69, 9.17) is 14.3 Å². The Morgan fingerprint density at radius 1 is 1.60 bits per heavy atom. The van der Waals surface area contributed by atoms with Crippen molar-refractivity contribution in [3.63, 3.8) is 0 Å². The Kier molecular flexibility index (Phi) is 4.52. The second kappa shape index (κ2) is 5.84. The first kappa shape index (κ1) is 15.5. The third kappa shape index (κ3) is 3.22. The van der Waals surface area contributed by atoms with Gasteiger partial charge in [-0.05, 0) is 35.7 Å². The monoisotopic (exact) mass is 367 g/mol. The number of carboxylic acid groups (broad SMARTS) is 1. The summed E-state index contributed by atoms with van der Waals surface area (Å²) >= 11 is 2.91. The van der Waals surface area contributed by atoms with Gasteiger partial charge in [0.25, 0.3) is 0 Å². The minimum atomic E-state index is -3.87. The van der Waals surface area contributed by atoms with Crippen LogP contribution in [-0.2, 0) is 14.8 Å². The fraction of sp³-hybridized carbons (Fsp3) is 0.545. The van der Waals surface area contributed by atoms with Crippen molar-refractivity contribution in [3.8, 4) is 0 Å². The van der Waals surface area contributed by atoms with Crippen LogP contribution in [0.4, 0.5) is 0 Å². The summed E-state index contributed by atoms with van der Waals surface area (Å²) in [6.45, 7) is 2.33. The second-order valence-corrected chi connectivity index (χ2v) is 6.92. The van der Waals surface area contributed by atoms with E-state index in [2.05, 4.69) is 20.7 Å². The molecule has 1 aromatic rings. The lowest BCUT2D eigenvalue weighted by molar-refractivity contribution is 0.0661. The van der Waals surface area contributed by atoms with Crippen LogP contribution in [0.1, 0.15) is 30.3 Å². The molecule has 20 heavy (non-hydrogen) atoms. The zero-order valence-corrected chi connectivity index (χ0v) is 13.0. The smallest absolute Gasteiger partial charge is 0.371 e. The van der Waals surface area contributed by atoms with Crippen LogP contribution in [0, 0.1) is 0 Å². The average Bonchev–Trinajstić information content (AvgIpc) is 2.96. The van der Waals surface area contributed by atoms with E-state index in [1.807, 2.05) is 0 Å². The summed E-state index contributed by atoms with van der Waals surface area (Å²) in [5.41, 5.74) is 0. The van der Waals surface area contributed by atoms with E-state index in [0.29, 0.717) is 6.61 Å². The summed E-state index contributed by atoms with van der Waals surface area (Å²) in [6, 6.07) is 0.564. The first-order valence-corrected chi connectivity index (χ1v) is 8.25. The zero-order chi connectivity index (χ0) is 14.9. The van der Waals surface area contributed by atoms with Gasteiger partial charge >= 0.3 is 5.97 Å². The molecule has 0 aliphatic carbocycles. The third-order valence-corrected chi connectivity index (χ3v) is 5.44.